The highest BCUT2D eigenvalue weighted by Gasteiger charge is 2.20. The molecule has 0 spiro atoms. The van der Waals surface area contributed by atoms with Crippen LogP contribution in [-0.2, 0) is 25.4 Å². The number of carbonyl (C=O) groups excluding carboxylic acids is 1. The Kier molecular flexibility index (Phi) is 7.48. The van der Waals surface area contributed by atoms with Gasteiger partial charge in [-0.1, -0.05) is 28.2 Å². The molecule has 0 unspecified atom stereocenters. The van der Waals surface area contributed by atoms with E-state index in [4.69, 9.17) is 16.4 Å². The first-order chi connectivity index (χ1) is 12.3. The van der Waals surface area contributed by atoms with Gasteiger partial charge < -0.3 is 5.32 Å². The lowest BCUT2D eigenvalue weighted by molar-refractivity contribution is -0.113. The minimum atomic E-state index is -3.70. The number of hydroxylamine groups is 1. The number of halogens is 1. The van der Waals surface area contributed by atoms with Crippen molar-refractivity contribution in [2.75, 3.05) is 25.2 Å². The molecule has 0 aliphatic carbocycles. The van der Waals surface area contributed by atoms with Gasteiger partial charge in [-0.25, -0.2) is 8.42 Å². The molecule has 0 saturated heterocycles. The molecule has 2 rings (SSSR count). The Labute approximate surface area is 162 Å². The Bertz CT molecular complexity index is 840. The molecule has 0 fully saturated rings. The van der Waals surface area contributed by atoms with E-state index < -0.39 is 10.0 Å². The molecular weight excluding hydrogens is 396 g/mol. The van der Waals surface area contributed by atoms with Crippen LogP contribution in [0.1, 0.15) is 5.56 Å². The van der Waals surface area contributed by atoms with E-state index in [-0.39, 0.29) is 16.6 Å². The second-order valence-corrected chi connectivity index (χ2v) is 8.65. The third kappa shape index (κ3) is 5.72. The number of carbonyl (C=O) groups is 1. The van der Waals surface area contributed by atoms with Crippen LogP contribution in [0.25, 0.3) is 0 Å². The summed E-state index contributed by atoms with van der Waals surface area (Å²) in [4.78, 5) is 16.8. The Hall–Kier alpha value is -1.58. The fraction of sp³-hybridized carbons (Fsp3) is 0.235. The number of thioether (sulfide) groups is 1. The third-order valence-electron chi connectivity index (χ3n) is 3.45. The van der Waals surface area contributed by atoms with Crippen molar-refractivity contribution >= 4 is 45.0 Å². The summed E-state index contributed by atoms with van der Waals surface area (Å²) in [6.07, 6.45) is 0. The second-order valence-electron chi connectivity index (χ2n) is 5.29. The highest BCUT2D eigenvalue weighted by molar-refractivity contribution is 7.99. The molecule has 1 amide bonds. The minimum absolute atomic E-state index is 0.0805. The van der Waals surface area contributed by atoms with Crippen LogP contribution in [-0.4, -0.2) is 38.7 Å². The number of benzene rings is 2. The Morgan fingerprint density at radius 3 is 2.35 bits per heavy atom. The number of hydrogen-bond donors (Lipinski definition) is 1. The van der Waals surface area contributed by atoms with Crippen LogP contribution in [0.3, 0.4) is 0 Å². The van der Waals surface area contributed by atoms with Gasteiger partial charge in [-0.05, 0) is 42.0 Å². The standard InChI is InChI=1S/C17H19ClN2O4S2/c1-20(24-2)26(22,23)16-9-7-15(8-10-16)19-17(21)12-25-11-13-3-5-14(18)6-4-13/h3-10H,11-12H2,1-2H3,(H,19,21). The van der Waals surface area contributed by atoms with Gasteiger partial charge in [-0.2, -0.15) is 0 Å². The van der Waals surface area contributed by atoms with Crippen molar-refractivity contribution in [3.63, 3.8) is 0 Å². The summed E-state index contributed by atoms with van der Waals surface area (Å²) in [6, 6.07) is 13.4. The molecule has 0 aliphatic heterocycles. The zero-order valence-electron chi connectivity index (χ0n) is 14.3. The van der Waals surface area contributed by atoms with Gasteiger partial charge in [0, 0.05) is 23.5 Å². The molecule has 0 heterocycles. The van der Waals surface area contributed by atoms with E-state index in [0.717, 1.165) is 10.0 Å². The summed E-state index contributed by atoms with van der Waals surface area (Å²) >= 11 is 7.31. The zero-order valence-corrected chi connectivity index (χ0v) is 16.7. The van der Waals surface area contributed by atoms with Crippen molar-refractivity contribution in [3.8, 4) is 0 Å². The Morgan fingerprint density at radius 2 is 1.77 bits per heavy atom. The van der Waals surface area contributed by atoms with Crippen LogP contribution in [0.15, 0.2) is 53.4 Å². The predicted molar refractivity (Wildman–Crippen MR) is 105 cm³/mol. The average Bonchev–Trinajstić information content (AvgIpc) is 2.63. The van der Waals surface area contributed by atoms with Gasteiger partial charge in [-0.3, -0.25) is 9.63 Å². The summed E-state index contributed by atoms with van der Waals surface area (Å²) in [5, 5.41) is 3.42. The molecule has 0 aromatic heterocycles. The lowest BCUT2D eigenvalue weighted by Gasteiger charge is -2.14. The zero-order chi connectivity index (χ0) is 19.2. The van der Waals surface area contributed by atoms with Crippen molar-refractivity contribution in [3.05, 3.63) is 59.1 Å². The number of nitrogens with zero attached hydrogens (tertiary/aromatic N) is 1. The van der Waals surface area contributed by atoms with E-state index in [1.165, 1.54) is 50.2 Å². The number of sulfonamides is 1. The summed E-state index contributed by atoms with van der Waals surface area (Å²) in [5.41, 5.74) is 1.62. The van der Waals surface area contributed by atoms with Crippen LogP contribution in [0.4, 0.5) is 5.69 Å². The minimum Gasteiger partial charge on any atom is -0.325 e. The molecule has 2 aromatic carbocycles. The van der Waals surface area contributed by atoms with Crippen LogP contribution in [0.5, 0.6) is 0 Å². The lowest BCUT2D eigenvalue weighted by atomic mass is 10.2. The second kappa shape index (κ2) is 9.38. The predicted octanol–water partition coefficient (Wildman–Crippen LogP) is 3.39. The molecule has 9 heteroatoms. The van der Waals surface area contributed by atoms with Crippen molar-refractivity contribution in [2.24, 2.45) is 0 Å². The monoisotopic (exact) mass is 414 g/mol. The van der Waals surface area contributed by atoms with E-state index in [2.05, 4.69) is 5.32 Å². The number of nitrogens with one attached hydrogen (secondary N) is 1. The molecule has 6 nitrogen and oxygen atoms in total. The van der Waals surface area contributed by atoms with E-state index >= 15 is 0 Å². The van der Waals surface area contributed by atoms with Gasteiger partial charge in [-0.15, -0.1) is 11.8 Å². The van der Waals surface area contributed by atoms with E-state index in [9.17, 15) is 13.2 Å². The van der Waals surface area contributed by atoms with Crippen LogP contribution >= 0.6 is 23.4 Å². The van der Waals surface area contributed by atoms with Gasteiger partial charge in [0.15, 0.2) is 0 Å². The van der Waals surface area contributed by atoms with Crippen molar-refractivity contribution < 1.29 is 18.0 Å². The molecule has 0 saturated carbocycles. The third-order valence-corrected chi connectivity index (χ3v) is 6.40. The fourth-order valence-electron chi connectivity index (χ4n) is 2.00. The first-order valence-corrected chi connectivity index (χ1v) is 10.6. The average molecular weight is 415 g/mol. The summed E-state index contributed by atoms with van der Waals surface area (Å²) < 4.78 is 25.0. The Morgan fingerprint density at radius 1 is 1.15 bits per heavy atom. The van der Waals surface area contributed by atoms with Gasteiger partial charge in [0.1, 0.15) is 0 Å². The van der Waals surface area contributed by atoms with Crippen LogP contribution < -0.4 is 5.32 Å². The van der Waals surface area contributed by atoms with Gasteiger partial charge in [0.25, 0.3) is 10.0 Å². The number of hydrogen-bond acceptors (Lipinski definition) is 5. The summed E-state index contributed by atoms with van der Waals surface area (Å²) in [6.45, 7) is 0. The van der Waals surface area contributed by atoms with Crippen LogP contribution in [0.2, 0.25) is 5.02 Å². The van der Waals surface area contributed by atoms with E-state index in [0.29, 0.717) is 16.5 Å². The molecule has 2 aromatic rings. The first-order valence-electron chi connectivity index (χ1n) is 7.58. The quantitative estimate of drug-likeness (QED) is 0.670. The van der Waals surface area contributed by atoms with Crippen molar-refractivity contribution in [1.29, 1.82) is 0 Å². The number of rotatable bonds is 8. The lowest BCUT2D eigenvalue weighted by Crippen LogP contribution is -2.25. The van der Waals surface area contributed by atoms with E-state index in [1.54, 1.807) is 0 Å². The molecule has 0 atom stereocenters. The summed E-state index contributed by atoms with van der Waals surface area (Å²) in [7, 11) is -1.12. The molecule has 140 valence electrons. The van der Waals surface area contributed by atoms with Crippen molar-refractivity contribution in [2.45, 2.75) is 10.6 Å². The molecular formula is C17H19ClN2O4S2. The largest absolute Gasteiger partial charge is 0.325 e. The SMILES string of the molecule is CON(C)S(=O)(=O)c1ccc(NC(=O)CSCc2ccc(Cl)cc2)cc1. The highest BCUT2D eigenvalue weighted by Crippen LogP contribution is 2.19. The van der Waals surface area contributed by atoms with Gasteiger partial charge in [0.2, 0.25) is 5.91 Å². The topological polar surface area (TPSA) is 75.7 Å². The van der Waals surface area contributed by atoms with E-state index in [1.807, 2.05) is 24.3 Å². The molecule has 0 radical (unpaired) electrons. The smallest absolute Gasteiger partial charge is 0.264 e. The fourth-order valence-corrected chi connectivity index (χ4v) is 3.88. The maximum absolute atomic E-state index is 12.1. The van der Waals surface area contributed by atoms with Crippen molar-refractivity contribution in [1.82, 2.24) is 4.47 Å². The highest BCUT2D eigenvalue weighted by atomic mass is 35.5. The molecule has 26 heavy (non-hydrogen) atoms. The molecule has 1 N–H and O–H groups in total. The maximum atomic E-state index is 12.1. The maximum Gasteiger partial charge on any atom is 0.264 e. The molecule has 0 bridgehead atoms. The van der Waals surface area contributed by atoms with Gasteiger partial charge >= 0.3 is 0 Å². The number of amides is 1. The van der Waals surface area contributed by atoms with Gasteiger partial charge in [0.05, 0.1) is 17.8 Å². The summed E-state index contributed by atoms with van der Waals surface area (Å²) in [5.74, 6) is 0.828. The first kappa shape index (κ1) is 20.7. The van der Waals surface area contributed by atoms with Crippen LogP contribution in [0, 0.1) is 0 Å². The normalized spacial score (nSPS) is 11.5. The molecule has 0 aliphatic rings. The Balaban J connectivity index is 1.86. The number of anilines is 1.